The Morgan fingerprint density at radius 1 is 1.22 bits per heavy atom. The Labute approximate surface area is 130 Å². The molecule has 1 aliphatic rings. The lowest BCUT2D eigenvalue weighted by atomic mass is 10.0. The van der Waals surface area contributed by atoms with Crippen molar-refractivity contribution in [2.24, 2.45) is 0 Å². The van der Waals surface area contributed by atoms with Crippen molar-refractivity contribution >= 4 is 5.91 Å². The molecule has 3 rings (SSSR count). The molecule has 2 heterocycles. The molecule has 1 saturated heterocycles. The smallest absolute Gasteiger partial charge is 0.416 e. The van der Waals surface area contributed by atoms with E-state index in [1.165, 1.54) is 29.4 Å². The van der Waals surface area contributed by atoms with Crippen LogP contribution < -0.4 is 0 Å². The highest BCUT2D eigenvalue weighted by Crippen LogP contribution is 2.35. The van der Waals surface area contributed by atoms with Gasteiger partial charge in [-0.25, -0.2) is 0 Å². The number of amides is 1. The first kappa shape index (κ1) is 15.6. The first-order valence-corrected chi connectivity index (χ1v) is 7.06. The minimum atomic E-state index is -4.41. The number of carbonyl (C=O) groups excluding carboxylic acids is 1. The number of aliphatic hydroxyl groups excluding tert-OH is 1. The van der Waals surface area contributed by atoms with E-state index in [0.717, 1.165) is 12.1 Å². The van der Waals surface area contributed by atoms with Crippen LogP contribution in [0, 0.1) is 0 Å². The number of alkyl halides is 3. The van der Waals surface area contributed by atoms with Gasteiger partial charge in [-0.15, -0.1) is 0 Å². The number of nitrogens with zero attached hydrogens (tertiary/aromatic N) is 1. The highest BCUT2D eigenvalue weighted by atomic mass is 19.4. The van der Waals surface area contributed by atoms with E-state index in [0.29, 0.717) is 5.56 Å². The molecule has 2 aromatic rings. The van der Waals surface area contributed by atoms with Crippen molar-refractivity contribution in [3.8, 4) is 0 Å². The van der Waals surface area contributed by atoms with Gasteiger partial charge in [0.15, 0.2) is 5.76 Å². The predicted molar refractivity (Wildman–Crippen MR) is 74.6 cm³/mol. The highest BCUT2D eigenvalue weighted by Gasteiger charge is 2.37. The Kier molecular flexibility index (Phi) is 3.89. The third-order valence-electron chi connectivity index (χ3n) is 3.89. The predicted octanol–water partition coefficient (Wildman–Crippen LogP) is 3.25. The molecule has 1 aromatic heterocycles. The van der Waals surface area contributed by atoms with Gasteiger partial charge in [0, 0.05) is 6.54 Å². The van der Waals surface area contributed by atoms with Crippen LogP contribution in [-0.4, -0.2) is 28.6 Å². The molecule has 2 atom stereocenters. The Balaban J connectivity index is 1.86. The normalized spacial score (nSPS) is 21.7. The van der Waals surface area contributed by atoms with E-state index in [-0.39, 0.29) is 18.7 Å². The summed E-state index contributed by atoms with van der Waals surface area (Å²) in [4.78, 5) is 13.8. The number of halogens is 3. The molecule has 0 saturated carbocycles. The third kappa shape index (κ3) is 3.10. The number of carbonyl (C=O) groups is 1. The van der Waals surface area contributed by atoms with Crippen LogP contribution in [0.4, 0.5) is 13.2 Å². The summed E-state index contributed by atoms with van der Waals surface area (Å²) in [6, 6.07) is 7.25. The van der Waals surface area contributed by atoms with E-state index in [1.54, 1.807) is 6.07 Å². The maximum absolute atomic E-state index is 12.6. The zero-order chi connectivity index (χ0) is 16.6. The second-order valence-corrected chi connectivity index (χ2v) is 5.46. The second kappa shape index (κ2) is 5.73. The van der Waals surface area contributed by atoms with E-state index >= 15 is 0 Å². The zero-order valence-corrected chi connectivity index (χ0v) is 12.0. The fraction of sp³-hybridized carbons (Fsp3) is 0.312. The number of furan rings is 1. The van der Waals surface area contributed by atoms with Crippen molar-refractivity contribution in [1.29, 1.82) is 0 Å². The molecular weight excluding hydrogens is 311 g/mol. The Hall–Kier alpha value is -2.28. The lowest BCUT2D eigenvalue weighted by Gasteiger charge is -2.24. The maximum Gasteiger partial charge on any atom is 0.416 e. The van der Waals surface area contributed by atoms with Gasteiger partial charge >= 0.3 is 6.18 Å². The molecule has 1 amide bonds. The Bertz CT molecular complexity index is 680. The van der Waals surface area contributed by atoms with Crippen LogP contribution in [0.3, 0.4) is 0 Å². The van der Waals surface area contributed by atoms with Gasteiger partial charge in [-0.3, -0.25) is 4.79 Å². The summed E-state index contributed by atoms with van der Waals surface area (Å²) >= 11 is 0. The molecule has 7 heteroatoms. The van der Waals surface area contributed by atoms with Crippen molar-refractivity contribution in [2.45, 2.75) is 24.7 Å². The van der Waals surface area contributed by atoms with E-state index < -0.39 is 29.8 Å². The fourth-order valence-electron chi connectivity index (χ4n) is 2.79. The van der Waals surface area contributed by atoms with E-state index in [9.17, 15) is 23.1 Å². The molecule has 1 aromatic carbocycles. The third-order valence-corrected chi connectivity index (χ3v) is 3.89. The number of rotatable bonds is 2. The first-order valence-electron chi connectivity index (χ1n) is 7.06. The summed E-state index contributed by atoms with van der Waals surface area (Å²) < 4.78 is 43.0. The van der Waals surface area contributed by atoms with E-state index in [2.05, 4.69) is 0 Å². The Morgan fingerprint density at radius 2 is 1.91 bits per heavy atom. The number of hydrogen-bond donors (Lipinski definition) is 1. The van der Waals surface area contributed by atoms with Crippen LogP contribution in [0.5, 0.6) is 0 Å². The van der Waals surface area contributed by atoms with Gasteiger partial charge < -0.3 is 14.4 Å². The number of benzene rings is 1. The quantitative estimate of drug-likeness (QED) is 0.922. The standard InChI is InChI=1S/C16H14F3NO3/c17-16(18,19)11-5-3-10(4-6-11)13-8-12(21)9-20(13)15(22)14-2-1-7-23-14/h1-7,12-13,21H,8-9H2. The summed E-state index contributed by atoms with van der Waals surface area (Å²) in [5.74, 6) is -0.257. The van der Waals surface area contributed by atoms with Crippen molar-refractivity contribution in [3.63, 3.8) is 0 Å². The molecule has 23 heavy (non-hydrogen) atoms. The molecule has 1 fully saturated rings. The van der Waals surface area contributed by atoms with Gasteiger partial charge in [-0.05, 0) is 36.2 Å². The Morgan fingerprint density at radius 3 is 2.48 bits per heavy atom. The lowest BCUT2D eigenvalue weighted by Crippen LogP contribution is -2.31. The van der Waals surface area contributed by atoms with Crippen molar-refractivity contribution in [1.82, 2.24) is 4.90 Å². The minimum absolute atomic E-state index is 0.116. The molecule has 2 unspecified atom stereocenters. The van der Waals surface area contributed by atoms with Gasteiger partial charge in [-0.1, -0.05) is 12.1 Å². The van der Waals surface area contributed by atoms with Crippen LogP contribution in [-0.2, 0) is 6.18 Å². The zero-order valence-electron chi connectivity index (χ0n) is 12.0. The van der Waals surface area contributed by atoms with E-state index in [1.807, 2.05) is 0 Å². The summed E-state index contributed by atoms with van der Waals surface area (Å²) in [5.41, 5.74) is -0.196. The number of likely N-dealkylation sites (tertiary alicyclic amines) is 1. The topological polar surface area (TPSA) is 53.7 Å². The van der Waals surface area contributed by atoms with Gasteiger partial charge in [0.2, 0.25) is 0 Å². The molecule has 122 valence electrons. The summed E-state index contributed by atoms with van der Waals surface area (Å²) in [5, 5.41) is 9.86. The minimum Gasteiger partial charge on any atom is -0.459 e. The van der Waals surface area contributed by atoms with Gasteiger partial charge in [-0.2, -0.15) is 13.2 Å². The molecule has 0 aliphatic carbocycles. The number of β-amino-alcohol motifs (C(OH)–C–C–N with tert-alkyl or cyclic N) is 1. The molecule has 4 nitrogen and oxygen atoms in total. The number of aliphatic hydroxyl groups is 1. The summed E-state index contributed by atoms with van der Waals surface area (Å²) in [7, 11) is 0. The molecule has 0 bridgehead atoms. The van der Waals surface area contributed by atoms with E-state index in [4.69, 9.17) is 4.42 Å². The van der Waals surface area contributed by atoms with Crippen LogP contribution in [0.2, 0.25) is 0 Å². The average Bonchev–Trinajstić information content (AvgIpc) is 3.15. The summed E-state index contributed by atoms with van der Waals surface area (Å²) in [6.45, 7) is 0.116. The fourth-order valence-corrected chi connectivity index (χ4v) is 2.79. The molecule has 0 spiro atoms. The maximum atomic E-state index is 12.6. The second-order valence-electron chi connectivity index (χ2n) is 5.46. The van der Waals surface area contributed by atoms with Gasteiger partial charge in [0.25, 0.3) is 5.91 Å². The SMILES string of the molecule is O=C(c1ccco1)N1CC(O)CC1c1ccc(C(F)(F)F)cc1. The summed E-state index contributed by atoms with van der Waals surface area (Å²) in [6.07, 6.45) is -3.48. The average molecular weight is 325 g/mol. The van der Waals surface area contributed by atoms with Gasteiger partial charge in [0.1, 0.15) is 0 Å². The highest BCUT2D eigenvalue weighted by molar-refractivity contribution is 5.92. The lowest BCUT2D eigenvalue weighted by molar-refractivity contribution is -0.137. The first-order chi connectivity index (χ1) is 10.9. The number of hydrogen-bond acceptors (Lipinski definition) is 3. The molecule has 0 radical (unpaired) electrons. The van der Waals surface area contributed by atoms with Crippen molar-refractivity contribution in [2.75, 3.05) is 6.54 Å². The van der Waals surface area contributed by atoms with Crippen LogP contribution >= 0.6 is 0 Å². The molecule has 1 aliphatic heterocycles. The molecule has 1 N–H and O–H groups in total. The van der Waals surface area contributed by atoms with Crippen LogP contribution in [0.25, 0.3) is 0 Å². The van der Waals surface area contributed by atoms with Crippen molar-refractivity contribution < 1.29 is 27.5 Å². The van der Waals surface area contributed by atoms with Crippen LogP contribution in [0.15, 0.2) is 47.1 Å². The van der Waals surface area contributed by atoms with Crippen LogP contribution in [0.1, 0.15) is 34.1 Å². The largest absolute Gasteiger partial charge is 0.459 e. The molecular formula is C16H14F3NO3. The monoisotopic (exact) mass is 325 g/mol. The van der Waals surface area contributed by atoms with Crippen molar-refractivity contribution in [3.05, 3.63) is 59.5 Å². The van der Waals surface area contributed by atoms with Gasteiger partial charge in [0.05, 0.1) is 24.0 Å².